The lowest BCUT2D eigenvalue weighted by Crippen LogP contribution is -2.54. The van der Waals surface area contributed by atoms with E-state index in [0.29, 0.717) is 31.6 Å². The normalized spacial score (nSPS) is 21.2. The van der Waals surface area contributed by atoms with Crippen LogP contribution < -0.4 is 15.5 Å². The average Bonchev–Trinajstić information content (AvgIpc) is 3.21. The monoisotopic (exact) mass is 557 g/mol. The number of hydrogen-bond donors (Lipinski definition) is 2. The zero-order valence-electron chi connectivity index (χ0n) is 23.0. The van der Waals surface area contributed by atoms with Gasteiger partial charge in [0.15, 0.2) is 0 Å². The third-order valence-electron chi connectivity index (χ3n) is 8.71. The number of amides is 6. The molecule has 212 valence electrons. The highest BCUT2D eigenvalue weighted by Gasteiger charge is 2.45. The van der Waals surface area contributed by atoms with Gasteiger partial charge >= 0.3 is 0 Å². The molecule has 2 fully saturated rings. The van der Waals surface area contributed by atoms with Gasteiger partial charge in [-0.25, -0.2) is 0 Å². The van der Waals surface area contributed by atoms with Crippen LogP contribution in [-0.4, -0.2) is 71.4 Å². The lowest BCUT2D eigenvalue weighted by Gasteiger charge is -2.34. The molecule has 4 heterocycles. The van der Waals surface area contributed by atoms with Crippen LogP contribution in [0.2, 0.25) is 0 Å². The summed E-state index contributed by atoms with van der Waals surface area (Å²) in [5, 5.41) is 5.63. The predicted octanol–water partition coefficient (Wildman–Crippen LogP) is 2.47. The average molecular weight is 558 g/mol. The summed E-state index contributed by atoms with van der Waals surface area (Å²) in [5.41, 5.74) is 4.38. The maximum Gasteiger partial charge on any atom is 0.264 e. The number of benzene rings is 2. The Bertz CT molecular complexity index is 1530. The quantitative estimate of drug-likeness (QED) is 0.551. The maximum atomic E-state index is 13.7. The van der Waals surface area contributed by atoms with Gasteiger partial charge in [0.25, 0.3) is 11.8 Å². The molecule has 2 aromatic rings. The van der Waals surface area contributed by atoms with E-state index in [1.807, 2.05) is 11.0 Å². The minimum atomic E-state index is -1.06. The Hall–Kier alpha value is -4.54. The van der Waals surface area contributed by atoms with Crippen LogP contribution in [0.5, 0.6) is 0 Å². The summed E-state index contributed by atoms with van der Waals surface area (Å²) < 4.78 is 0. The first-order valence-electron chi connectivity index (χ1n) is 13.9. The lowest BCUT2D eigenvalue weighted by atomic mass is 9.85. The molecule has 2 N–H and O–H groups in total. The highest BCUT2D eigenvalue weighted by atomic mass is 16.2. The second kappa shape index (κ2) is 10.1. The van der Waals surface area contributed by atoms with Crippen molar-refractivity contribution in [1.82, 2.24) is 15.1 Å². The van der Waals surface area contributed by atoms with Gasteiger partial charge in [-0.15, -0.1) is 0 Å². The van der Waals surface area contributed by atoms with Crippen molar-refractivity contribution in [1.29, 1.82) is 0 Å². The van der Waals surface area contributed by atoms with Gasteiger partial charge in [0.2, 0.25) is 23.6 Å². The zero-order valence-corrected chi connectivity index (χ0v) is 23.0. The Morgan fingerprint density at radius 2 is 1.68 bits per heavy atom. The maximum absolute atomic E-state index is 13.7. The first kappa shape index (κ1) is 26.7. The van der Waals surface area contributed by atoms with E-state index in [-0.39, 0.29) is 41.7 Å². The number of hydrogen-bond acceptors (Lipinski definition) is 7. The molecule has 11 nitrogen and oxygen atoms in total. The third-order valence-corrected chi connectivity index (χ3v) is 8.71. The zero-order chi connectivity index (χ0) is 29.0. The number of piperidine rings is 2. The van der Waals surface area contributed by atoms with E-state index in [2.05, 4.69) is 16.7 Å². The summed E-state index contributed by atoms with van der Waals surface area (Å²) in [4.78, 5) is 80.1. The highest BCUT2D eigenvalue weighted by Crippen LogP contribution is 2.42. The van der Waals surface area contributed by atoms with Crippen LogP contribution in [0.3, 0.4) is 0 Å². The van der Waals surface area contributed by atoms with E-state index >= 15 is 0 Å². The van der Waals surface area contributed by atoms with Crippen LogP contribution in [0.4, 0.5) is 17.1 Å². The number of nitrogens with one attached hydrogen (secondary N) is 2. The van der Waals surface area contributed by atoms with Gasteiger partial charge in [-0.2, -0.15) is 0 Å². The molecule has 0 aliphatic carbocycles. The number of imide groups is 2. The SMILES string of the molecule is CC(=O)N1CCC(c2cc3c(cc2Nc2cccc4c2C(=O)N(C2CCC(=O)NC2=O)C4=O)N(C)C(=O)CC3)CC1. The summed E-state index contributed by atoms with van der Waals surface area (Å²) in [6, 6.07) is 7.95. The van der Waals surface area contributed by atoms with Crippen molar-refractivity contribution in [3.63, 3.8) is 0 Å². The topological polar surface area (TPSA) is 136 Å². The molecule has 4 aliphatic rings. The Labute approximate surface area is 236 Å². The fourth-order valence-electron chi connectivity index (χ4n) is 6.42. The second-order valence-corrected chi connectivity index (χ2v) is 11.1. The summed E-state index contributed by atoms with van der Waals surface area (Å²) >= 11 is 0. The van der Waals surface area contributed by atoms with Crippen molar-refractivity contribution in [2.24, 2.45) is 0 Å². The number of likely N-dealkylation sites (tertiary alicyclic amines) is 1. The minimum absolute atomic E-state index is 0.0206. The van der Waals surface area contributed by atoms with Gasteiger partial charge in [0.1, 0.15) is 6.04 Å². The number of aryl methyl sites for hydroxylation is 1. The third kappa shape index (κ3) is 4.55. The van der Waals surface area contributed by atoms with Crippen molar-refractivity contribution in [2.75, 3.05) is 30.4 Å². The number of carbonyl (C=O) groups excluding carboxylic acids is 6. The summed E-state index contributed by atoms with van der Waals surface area (Å²) in [5.74, 6) is -2.03. The van der Waals surface area contributed by atoms with Crippen LogP contribution in [0.25, 0.3) is 0 Å². The summed E-state index contributed by atoms with van der Waals surface area (Å²) in [6.45, 7) is 2.86. The van der Waals surface area contributed by atoms with Gasteiger partial charge < -0.3 is 15.1 Å². The molecule has 0 spiro atoms. The molecule has 0 radical (unpaired) electrons. The number of nitrogens with zero attached hydrogens (tertiary/aromatic N) is 3. The number of fused-ring (bicyclic) bond motifs is 2. The van der Waals surface area contributed by atoms with Crippen molar-refractivity contribution < 1.29 is 28.8 Å². The van der Waals surface area contributed by atoms with Gasteiger partial charge in [0.05, 0.1) is 16.8 Å². The Morgan fingerprint density at radius 1 is 0.927 bits per heavy atom. The number of rotatable bonds is 4. The van der Waals surface area contributed by atoms with Crippen LogP contribution in [0.15, 0.2) is 30.3 Å². The van der Waals surface area contributed by atoms with E-state index in [1.165, 1.54) is 0 Å². The predicted molar refractivity (Wildman–Crippen MR) is 149 cm³/mol. The standard InChI is InChI=1S/C30H31N5O6/c1-16(36)34-12-10-17(11-13-34)20-14-18-6-9-26(38)33(2)24(18)15-22(20)31-21-5-3-4-19-27(21)30(41)35(29(19)40)23-7-8-25(37)32-28(23)39/h3-5,14-15,17,23,31H,6-13H2,1-2H3,(H,32,37,39). The van der Waals surface area contributed by atoms with Gasteiger partial charge in [0, 0.05) is 51.3 Å². The smallest absolute Gasteiger partial charge is 0.264 e. The van der Waals surface area contributed by atoms with Crippen LogP contribution in [0, 0.1) is 0 Å². The van der Waals surface area contributed by atoms with Gasteiger partial charge in [-0.05, 0) is 60.9 Å². The molecule has 4 aliphatic heterocycles. The molecule has 2 aromatic carbocycles. The Morgan fingerprint density at radius 3 is 2.39 bits per heavy atom. The van der Waals surface area contributed by atoms with E-state index in [4.69, 9.17) is 0 Å². The minimum Gasteiger partial charge on any atom is -0.355 e. The van der Waals surface area contributed by atoms with Crippen LogP contribution in [-0.2, 0) is 25.6 Å². The molecule has 41 heavy (non-hydrogen) atoms. The first-order valence-corrected chi connectivity index (χ1v) is 13.9. The molecular formula is C30H31N5O6. The van der Waals surface area contributed by atoms with Gasteiger partial charge in [-0.3, -0.25) is 39.0 Å². The van der Waals surface area contributed by atoms with Gasteiger partial charge in [-0.1, -0.05) is 12.1 Å². The fourth-order valence-corrected chi connectivity index (χ4v) is 6.42. The number of anilines is 3. The Kier molecular flexibility index (Phi) is 6.59. The largest absolute Gasteiger partial charge is 0.355 e. The fraction of sp³-hybridized carbons (Fsp3) is 0.400. The summed E-state index contributed by atoms with van der Waals surface area (Å²) in [6.07, 6.45) is 2.73. The molecular weight excluding hydrogens is 526 g/mol. The number of carbonyl (C=O) groups is 6. The molecule has 1 unspecified atom stereocenters. The van der Waals surface area contributed by atoms with E-state index < -0.39 is 29.7 Å². The van der Waals surface area contributed by atoms with Crippen molar-refractivity contribution >= 4 is 52.5 Å². The molecule has 0 bridgehead atoms. The van der Waals surface area contributed by atoms with E-state index in [0.717, 1.165) is 40.2 Å². The van der Waals surface area contributed by atoms with Crippen LogP contribution >= 0.6 is 0 Å². The lowest BCUT2D eigenvalue weighted by molar-refractivity contribution is -0.136. The van der Waals surface area contributed by atoms with Crippen molar-refractivity contribution in [3.05, 3.63) is 52.6 Å². The van der Waals surface area contributed by atoms with E-state index in [9.17, 15) is 28.8 Å². The molecule has 6 amide bonds. The molecule has 6 rings (SSSR count). The molecule has 2 saturated heterocycles. The van der Waals surface area contributed by atoms with Crippen LogP contribution in [0.1, 0.15) is 76.8 Å². The second-order valence-electron chi connectivity index (χ2n) is 11.1. The van der Waals surface area contributed by atoms with Crippen molar-refractivity contribution in [3.8, 4) is 0 Å². The molecule has 0 aromatic heterocycles. The molecule has 1 atom stereocenters. The van der Waals surface area contributed by atoms with Crippen molar-refractivity contribution in [2.45, 2.75) is 57.4 Å². The molecule has 0 saturated carbocycles. The first-order chi connectivity index (χ1) is 19.6. The molecule has 11 heteroatoms. The van der Waals surface area contributed by atoms with E-state index in [1.54, 1.807) is 37.1 Å². The highest BCUT2D eigenvalue weighted by molar-refractivity contribution is 6.25. The summed E-state index contributed by atoms with van der Waals surface area (Å²) in [7, 11) is 1.75. The Balaban J connectivity index is 1.37.